The van der Waals surface area contributed by atoms with Gasteiger partial charge in [0.2, 0.25) is 0 Å². The molecule has 6 nitrogen and oxygen atoms in total. The molecular weight excluding hydrogens is 486 g/mol. The second kappa shape index (κ2) is 8.32. The lowest BCUT2D eigenvalue weighted by Gasteiger charge is -2.30. The molecule has 0 bridgehead atoms. The van der Waals surface area contributed by atoms with Crippen molar-refractivity contribution in [1.82, 2.24) is 4.72 Å². The van der Waals surface area contributed by atoms with E-state index in [4.69, 9.17) is 4.74 Å². The molecule has 1 aliphatic rings. The number of carbonyl (C=O) groups is 1. The quantitative estimate of drug-likeness (QED) is 0.597. The van der Waals surface area contributed by atoms with E-state index >= 15 is 0 Å². The molecule has 0 spiro atoms. The fraction of sp³-hybridized carbons (Fsp3) is 0.389. The molecule has 3 rings (SSSR count). The van der Waals surface area contributed by atoms with Crippen molar-refractivity contribution >= 4 is 33.0 Å². The molecule has 2 aromatic rings. The number of alkyl halides is 6. The topological polar surface area (TPSA) is 84.5 Å². The summed E-state index contributed by atoms with van der Waals surface area (Å²) in [5.41, 5.74) is -4.17. The largest absolute Gasteiger partial charge is 0.416 e. The second-order valence-corrected chi connectivity index (χ2v) is 10.2. The van der Waals surface area contributed by atoms with E-state index in [1.807, 2.05) is 0 Å². The molecule has 32 heavy (non-hydrogen) atoms. The summed E-state index contributed by atoms with van der Waals surface area (Å²) in [7, 11) is -4.68. The van der Waals surface area contributed by atoms with Gasteiger partial charge in [-0.3, -0.25) is 4.79 Å². The number of halogens is 6. The molecule has 1 aromatic heterocycles. The maximum absolute atomic E-state index is 13.5. The molecule has 0 radical (unpaired) electrons. The van der Waals surface area contributed by atoms with Gasteiger partial charge < -0.3 is 10.1 Å². The molecule has 0 saturated carbocycles. The van der Waals surface area contributed by atoms with Crippen LogP contribution in [0.25, 0.3) is 0 Å². The van der Waals surface area contributed by atoms with E-state index in [1.165, 1.54) is 13.0 Å². The predicted molar refractivity (Wildman–Crippen MR) is 103 cm³/mol. The van der Waals surface area contributed by atoms with Crippen LogP contribution in [0.15, 0.2) is 34.5 Å². The van der Waals surface area contributed by atoms with E-state index in [9.17, 15) is 39.6 Å². The molecule has 1 amide bonds. The molecule has 2 heterocycles. The number of anilines is 1. The normalized spacial score (nSPS) is 19.8. The highest BCUT2D eigenvalue weighted by Gasteiger charge is 2.59. The van der Waals surface area contributed by atoms with E-state index in [1.54, 1.807) is 4.72 Å². The third kappa shape index (κ3) is 4.92. The average molecular weight is 502 g/mol. The van der Waals surface area contributed by atoms with E-state index in [0.717, 1.165) is 18.2 Å². The number of amides is 1. The molecule has 1 aliphatic heterocycles. The van der Waals surface area contributed by atoms with E-state index in [2.05, 4.69) is 5.32 Å². The Morgan fingerprint density at radius 2 is 1.84 bits per heavy atom. The summed E-state index contributed by atoms with van der Waals surface area (Å²) in [6.45, 7) is 0.196. The zero-order chi connectivity index (χ0) is 23.9. The zero-order valence-electron chi connectivity index (χ0n) is 16.2. The first-order valence-electron chi connectivity index (χ1n) is 8.92. The van der Waals surface area contributed by atoms with Gasteiger partial charge in [0.15, 0.2) is 5.54 Å². The molecule has 176 valence electrons. The monoisotopic (exact) mass is 502 g/mol. The van der Waals surface area contributed by atoms with Gasteiger partial charge in [-0.15, -0.1) is 11.3 Å². The van der Waals surface area contributed by atoms with Crippen LogP contribution in [0.4, 0.5) is 32.0 Å². The van der Waals surface area contributed by atoms with Crippen molar-refractivity contribution in [3.05, 3.63) is 46.3 Å². The van der Waals surface area contributed by atoms with E-state index < -0.39 is 56.6 Å². The zero-order valence-corrected chi connectivity index (χ0v) is 17.9. The lowest BCUT2D eigenvalue weighted by atomic mass is 10.0. The molecule has 2 N–H and O–H groups in total. The maximum Gasteiger partial charge on any atom is 0.416 e. The summed E-state index contributed by atoms with van der Waals surface area (Å²) in [6, 6.07) is 4.68. The summed E-state index contributed by atoms with van der Waals surface area (Å²) in [4.78, 5) is 12.7. The number of thiophene rings is 1. The minimum absolute atomic E-state index is 0.151. The number of benzene rings is 1. The number of sulfonamides is 1. The van der Waals surface area contributed by atoms with Crippen molar-refractivity contribution in [2.45, 2.75) is 35.4 Å². The summed E-state index contributed by atoms with van der Waals surface area (Å²) in [6.07, 6.45) is -10.2. The van der Waals surface area contributed by atoms with Crippen LogP contribution in [-0.4, -0.2) is 39.3 Å². The van der Waals surface area contributed by atoms with Crippen LogP contribution in [0.5, 0.6) is 0 Å². The molecule has 14 heteroatoms. The Balaban J connectivity index is 1.85. The lowest BCUT2D eigenvalue weighted by Crippen LogP contribution is -2.59. The number of hydrogen-bond donors (Lipinski definition) is 2. The fourth-order valence-electron chi connectivity index (χ4n) is 3.02. The molecular formula is C18H16F6N2O4S2. The standard InChI is InChI=1S/C18H16F6N2O4S2/c1-10-13(15(27)25-12-4-2-3-11(7-12)17(19,20)21)8-14(31-10)32(28,29)26-16(18(22,23)24)5-6-30-9-16/h2-4,7-8,26H,5-6,9H2,1H3,(H,25,27). The predicted octanol–water partition coefficient (Wildman–Crippen LogP) is 4.33. The Morgan fingerprint density at radius 3 is 2.41 bits per heavy atom. The molecule has 0 aliphatic carbocycles. The second-order valence-electron chi connectivity index (χ2n) is 7.06. The number of hydrogen-bond acceptors (Lipinski definition) is 5. The molecule has 1 unspecified atom stereocenters. The van der Waals surface area contributed by atoms with Crippen LogP contribution in [0.2, 0.25) is 0 Å². The SMILES string of the molecule is Cc1sc(S(=O)(=O)NC2(C(F)(F)F)CCOC2)cc1C(=O)Nc1cccc(C(F)(F)F)c1. The summed E-state index contributed by atoms with van der Waals surface area (Å²) >= 11 is 0.561. The van der Waals surface area contributed by atoms with Gasteiger partial charge in [0.25, 0.3) is 15.9 Å². The van der Waals surface area contributed by atoms with Crippen LogP contribution in [0.3, 0.4) is 0 Å². The van der Waals surface area contributed by atoms with Crippen LogP contribution in [0.1, 0.15) is 27.2 Å². The van der Waals surface area contributed by atoms with Crippen LogP contribution in [-0.2, 0) is 20.9 Å². The highest BCUT2D eigenvalue weighted by Crippen LogP contribution is 2.39. The smallest absolute Gasteiger partial charge is 0.379 e. The highest BCUT2D eigenvalue weighted by atomic mass is 32.2. The minimum Gasteiger partial charge on any atom is -0.379 e. The van der Waals surface area contributed by atoms with Crippen molar-refractivity contribution < 1.29 is 44.3 Å². The average Bonchev–Trinajstić information content (AvgIpc) is 3.28. The van der Waals surface area contributed by atoms with Gasteiger partial charge in [0.1, 0.15) is 4.21 Å². The van der Waals surface area contributed by atoms with Crippen molar-refractivity contribution in [1.29, 1.82) is 0 Å². The fourth-order valence-corrected chi connectivity index (χ4v) is 5.86. The summed E-state index contributed by atoms with van der Waals surface area (Å²) < 4.78 is 110. The van der Waals surface area contributed by atoms with E-state index in [0.29, 0.717) is 17.4 Å². The van der Waals surface area contributed by atoms with Gasteiger partial charge in [-0.05, 0) is 31.2 Å². The Hall–Kier alpha value is -2.16. The number of rotatable bonds is 5. The first-order valence-corrected chi connectivity index (χ1v) is 11.2. The van der Waals surface area contributed by atoms with Gasteiger partial charge in [-0.2, -0.15) is 31.1 Å². The molecule has 1 fully saturated rings. The minimum atomic E-state index is -4.91. The Morgan fingerprint density at radius 1 is 1.16 bits per heavy atom. The van der Waals surface area contributed by atoms with Gasteiger partial charge >= 0.3 is 12.4 Å². The Labute approximate surface area is 182 Å². The van der Waals surface area contributed by atoms with Crippen molar-refractivity contribution in [3.8, 4) is 0 Å². The molecule has 1 saturated heterocycles. The lowest BCUT2D eigenvalue weighted by molar-refractivity contribution is -0.189. The Kier molecular flexibility index (Phi) is 6.36. The van der Waals surface area contributed by atoms with Crippen LogP contribution < -0.4 is 10.0 Å². The third-order valence-electron chi connectivity index (χ3n) is 4.75. The third-order valence-corrected chi connectivity index (χ3v) is 7.81. The van der Waals surface area contributed by atoms with Gasteiger partial charge in [-0.1, -0.05) is 6.07 Å². The number of ether oxygens (including phenoxy) is 1. The van der Waals surface area contributed by atoms with Crippen molar-refractivity contribution in [3.63, 3.8) is 0 Å². The van der Waals surface area contributed by atoms with Gasteiger partial charge in [0.05, 0.1) is 17.7 Å². The Bertz CT molecular complexity index is 1120. The van der Waals surface area contributed by atoms with Crippen LogP contribution in [0, 0.1) is 6.92 Å². The van der Waals surface area contributed by atoms with Crippen molar-refractivity contribution in [2.24, 2.45) is 0 Å². The number of aryl methyl sites for hydroxylation is 1. The van der Waals surface area contributed by atoms with Crippen molar-refractivity contribution in [2.75, 3.05) is 18.5 Å². The highest BCUT2D eigenvalue weighted by molar-refractivity contribution is 7.91. The van der Waals surface area contributed by atoms with Gasteiger partial charge in [0, 0.05) is 23.6 Å². The first kappa shape index (κ1) is 24.5. The first-order chi connectivity index (χ1) is 14.6. The van der Waals surface area contributed by atoms with Gasteiger partial charge in [-0.25, -0.2) is 8.42 Å². The van der Waals surface area contributed by atoms with Crippen LogP contribution >= 0.6 is 11.3 Å². The van der Waals surface area contributed by atoms with E-state index in [-0.39, 0.29) is 22.7 Å². The summed E-state index contributed by atoms with van der Waals surface area (Å²) in [5.74, 6) is -0.908. The number of carbonyl (C=O) groups excluding carboxylic acids is 1. The molecule has 1 aromatic carbocycles. The molecule has 1 atom stereocenters. The number of nitrogens with one attached hydrogen (secondary N) is 2. The summed E-state index contributed by atoms with van der Waals surface area (Å²) in [5, 5.41) is 2.23. The maximum atomic E-state index is 13.5.